The van der Waals surface area contributed by atoms with E-state index in [4.69, 9.17) is 27.0 Å². The van der Waals surface area contributed by atoms with E-state index in [1.807, 2.05) is 13.8 Å². The smallest absolute Gasteiger partial charge is 0.469 e. The number of carbonyl (C=O) groups is 4. The van der Waals surface area contributed by atoms with Crippen LogP contribution in [0.4, 0.5) is 0 Å². The van der Waals surface area contributed by atoms with Gasteiger partial charge in [-0.25, -0.2) is 0 Å². The lowest BCUT2D eigenvalue weighted by molar-refractivity contribution is -0.838. The molecule has 0 aliphatic carbocycles. The maximum atomic E-state index is 14.5. The maximum Gasteiger partial charge on any atom is 0.552 e. The van der Waals surface area contributed by atoms with Crippen molar-refractivity contribution < 1.29 is 33.1 Å². The average Bonchev–Trinajstić information content (AvgIpc) is 3.80. The molecule has 15 nitrogen and oxygen atoms in total. The summed E-state index contributed by atoms with van der Waals surface area (Å²) in [7, 11) is 1.34. The van der Waals surface area contributed by atoms with Crippen molar-refractivity contribution in [3.05, 3.63) is 55.7 Å². The molecule has 0 aromatic carbocycles. The lowest BCUT2D eigenvalue weighted by Gasteiger charge is -2.39. The summed E-state index contributed by atoms with van der Waals surface area (Å²) in [5, 5.41) is 22.7. The Balaban J connectivity index is 1.54. The maximum absolute atomic E-state index is 14.5. The van der Waals surface area contributed by atoms with E-state index in [0.29, 0.717) is 34.4 Å². The van der Waals surface area contributed by atoms with Crippen LogP contribution in [0.3, 0.4) is 0 Å². The summed E-state index contributed by atoms with van der Waals surface area (Å²) in [4.78, 5) is 54.9. The first-order valence-corrected chi connectivity index (χ1v) is 18.9. The van der Waals surface area contributed by atoms with Crippen molar-refractivity contribution in [1.29, 1.82) is 10.8 Å². The van der Waals surface area contributed by atoms with Gasteiger partial charge in [-0.2, -0.15) is 9.13 Å². The predicted octanol–water partition coefficient (Wildman–Crippen LogP) is 0.803. The fourth-order valence-corrected chi connectivity index (χ4v) is 10.4. The number of nitrogens with one attached hydrogen (secondary N) is 4. The number of esters is 1. The number of allylic oxidation sites excluding steroid dienone is 2. The molecule has 2 aromatic heterocycles. The number of hydrogen-bond donors (Lipinski definition) is 6. The number of amidine groups is 2. The van der Waals surface area contributed by atoms with E-state index in [-0.39, 0.29) is 73.0 Å². The lowest BCUT2D eigenvalue weighted by Crippen LogP contribution is -2.70. The number of ether oxygens (including phenoxy) is 1. The van der Waals surface area contributed by atoms with Crippen molar-refractivity contribution >= 4 is 70.5 Å². The van der Waals surface area contributed by atoms with Crippen LogP contribution in [0.5, 0.6) is 0 Å². The van der Waals surface area contributed by atoms with Gasteiger partial charge in [0.15, 0.2) is 22.9 Å². The largest absolute Gasteiger partial charge is 0.552 e. The second kappa shape index (κ2) is 12.3. The van der Waals surface area contributed by atoms with Crippen LogP contribution in [-0.4, -0.2) is 85.1 Å². The SMILES string of the molecule is CC[C@H]1C2=Cc3c(C)c(C(=O)NCC(=N)N)c4n3C35n6c(c(C)c(C(C)=O)c6=CC(=[N+]23)[C@@H]1C)=CC1=[N+]5C(=C4CC(=O)OC)[C@@H](CCC(=O)NCC(=N)N)[C@@H]1C. The molecule has 0 fully saturated rings. The number of hydrogen-bond acceptors (Lipinski definition) is 7. The molecule has 286 valence electrons. The summed E-state index contributed by atoms with van der Waals surface area (Å²) in [5.41, 5.74) is 19.7. The zero-order valence-corrected chi connectivity index (χ0v) is 32.3. The Labute approximate surface area is 317 Å². The molecule has 0 saturated heterocycles. The van der Waals surface area contributed by atoms with Crippen LogP contribution in [0.2, 0.25) is 0 Å². The summed E-state index contributed by atoms with van der Waals surface area (Å²) in [5.74, 6) is -3.03. The van der Waals surface area contributed by atoms with Gasteiger partial charge in [-0.1, -0.05) is 29.9 Å². The van der Waals surface area contributed by atoms with Gasteiger partial charge in [-0.15, -0.1) is 0 Å². The number of amides is 2. The zero-order chi connectivity index (χ0) is 39.6. The van der Waals surface area contributed by atoms with Crippen LogP contribution in [0.15, 0.2) is 11.4 Å². The highest BCUT2D eigenvalue weighted by Gasteiger charge is 2.76. The van der Waals surface area contributed by atoms with Crippen LogP contribution in [-0.2, 0) is 20.2 Å². The highest BCUT2D eigenvalue weighted by molar-refractivity contribution is 6.14. The highest BCUT2D eigenvalue weighted by atomic mass is 16.5. The van der Waals surface area contributed by atoms with E-state index >= 15 is 0 Å². The molecule has 0 radical (unpaired) electrons. The summed E-state index contributed by atoms with van der Waals surface area (Å²) >= 11 is 0. The van der Waals surface area contributed by atoms with Crippen molar-refractivity contribution in [3.8, 4) is 0 Å². The fraction of sp³-hybridized carbons (Fsp3) is 0.450. The first kappa shape index (κ1) is 36.1. The molecule has 15 heteroatoms. The summed E-state index contributed by atoms with van der Waals surface area (Å²) < 4.78 is 14.5. The minimum Gasteiger partial charge on any atom is -0.469 e. The van der Waals surface area contributed by atoms with Gasteiger partial charge in [-0.3, -0.25) is 30.0 Å². The number of aromatic nitrogens is 2. The molecule has 1 spiro atoms. The second-order valence-electron chi connectivity index (χ2n) is 15.6. The van der Waals surface area contributed by atoms with Crippen LogP contribution >= 0.6 is 0 Å². The number of rotatable bonds is 12. The fourth-order valence-electron chi connectivity index (χ4n) is 10.4. The molecule has 0 bridgehead atoms. The minimum absolute atomic E-state index is 0.0483. The van der Waals surface area contributed by atoms with Gasteiger partial charge in [0, 0.05) is 30.2 Å². The Kier molecular flexibility index (Phi) is 8.10. The van der Waals surface area contributed by atoms with Gasteiger partial charge in [0.1, 0.15) is 11.7 Å². The summed E-state index contributed by atoms with van der Waals surface area (Å²) in [6.45, 7) is 11.8. The van der Waals surface area contributed by atoms with Gasteiger partial charge in [0.05, 0.1) is 83.5 Å². The van der Waals surface area contributed by atoms with Crippen molar-refractivity contribution in [1.82, 2.24) is 19.8 Å². The molecule has 5 atom stereocenters. The van der Waals surface area contributed by atoms with E-state index in [9.17, 15) is 19.2 Å². The van der Waals surface area contributed by atoms with Gasteiger partial charge >= 0.3 is 11.9 Å². The summed E-state index contributed by atoms with van der Waals surface area (Å²) in [6, 6.07) is 0. The third kappa shape index (κ3) is 4.61. The topological polar surface area (TPSA) is 217 Å². The van der Waals surface area contributed by atoms with E-state index in [1.165, 1.54) is 7.11 Å². The molecule has 8 N–H and O–H groups in total. The number of methoxy groups -OCH3 is 1. The third-order valence-corrected chi connectivity index (χ3v) is 12.7. The molecule has 55 heavy (non-hydrogen) atoms. The highest BCUT2D eigenvalue weighted by Crippen LogP contribution is 2.56. The molecule has 8 heterocycles. The number of ketones is 1. The molecule has 8 rings (SSSR count). The van der Waals surface area contributed by atoms with Gasteiger partial charge in [0.2, 0.25) is 11.6 Å². The van der Waals surface area contributed by atoms with Gasteiger partial charge < -0.3 is 26.8 Å². The number of carbonyl (C=O) groups excluding carboxylic acids is 4. The molecule has 2 aromatic rings. The van der Waals surface area contributed by atoms with Crippen LogP contribution < -0.4 is 32.8 Å². The zero-order valence-electron chi connectivity index (χ0n) is 32.3. The quantitative estimate of drug-likeness (QED) is 0.0603. The van der Waals surface area contributed by atoms with E-state index in [2.05, 4.69) is 67.9 Å². The number of nitrogens with two attached hydrogens (primary N) is 2. The van der Waals surface area contributed by atoms with Crippen LogP contribution in [0.25, 0.3) is 23.8 Å². The molecular weight excluding hydrogens is 701 g/mol. The van der Waals surface area contributed by atoms with E-state index in [1.54, 1.807) is 6.92 Å². The van der Waals surface area contributed by atoms with Crippen molar-refractivity contribution in [3.63, 3.8) is 0 Å². The Hall–Kier alpha value is -5.86. The molecule has 6 aliphatic heterocycles. The molecular formula is C40H48N10O5+2. The second-order valence-corrected chi connectivity index (χ2v) is 15.6. The standard InChI is InChI=1S/C40H46N10O5/c1-8-22-17(2)25-14-30-35(21(6)51)19(4)27-12-26-18(3)23(9-10-33(52)45-15-31(41)42)37-24(11-34(53)55-7)38-36(39(54)46-16-32(43)44)20(5)28-13-29(22)47(25)40(48(27)30,49(26)37)50(28)38/h12-14,17-18,22-23H,8-11,15-16H2,1-7H3,(H6-2,41,42,43,44,45,46,52,54)/p+2/t17-,18+,22-,23+,40?/m1/s1. The monoisotopic (exact) mass is 748 g/mol. The van der Waals surface area contributed by atoms with E-state index < -0.39 is 17.8 Å². The van der Waals surface area contributed by atoms with Crippen LogP contribution in [0.1, 0.15) is 96.6 Å². The first-order valence-electron chi connectivity index (χ1n) is 18.9. The Morgan fingerprint density at radius 3 is 2.16 bits per heavy atom. The average molecular weight is 749 g/mol. The van der Waals surface area contributed by atoms with Gasteiger partial charge in [0.25, 0.3) is 5.91 Å². The molecule has 2 amide bonds. The Morgan fingerprint density at radius 2 is 1.53 bits per heavy atom. The van der Waals surface area contributed by atoms with Crippen molar-refractivity contribution in [2.45, 2.75) is 73.1 Å². The normalized spacial score (nSPS) is 24.5. The Bertz CT molecular complexity index is 2510. The number of nitrogens with zero attached hydrogens (tertiary/aromatic N) is 4. The number of Topliss-reactive ketones (excluding diaryl/α,β-unsaturated/α-hetero) is 1. The van der Waals surface area contributed by atoms with Crippen molar-refractivity contribution in [2.24, 2.45) is 35.1 Å². The molecule has 6 aliphatic rings. The first-order chi connectivity index (χ1) is 26.1. The van der Waals surface area contributed by atoms with Crippen molar-refractivity contribution in [2.75, 3.05) is 20.2 Å². The lowest BCUT2D eigenvalue weighted by atomic mass is 9.83. The summed E-state index contributed by atoms with van der Waals surface area (Å²) in [6.07, 6.45) is 7.72. The van der Waals surface area contributed by atoms with Crippen LogP contribution in [0, 0.1) is 48.3 Å². The molecule has 0 saturated carbocycles. The van der Waals surface area contributed by atoms with Gasteiger partial charge in [-0.05, 0) is 44.7 Å². The third-order valence-electron chi connectivity index (χ3n) is 12.7. The Morgan fingerprint density at radius 1 is 0.891 bits per heavy atom. The predicted molar refractivity (Wildman–Crippen MR) is 206 cm³/mol. The van der Waals surface area contributed by atoms with E-state index in [0.717, 1.165) is 51.2 Å². The molecule has 1 unspecified atom stereocenters. The minimum atomic E-state index is -1.21.